The lowest BCUT2D eigenvalue weighted by Crippen LogP contribution is -1.99. The molecule has 0 heterocycles. The molecule has 2 aromatic carbocycles. The lowest BCUT2D eigenvalue weighted by molar-refractivity contribution is -0.388. The third-order valence-corrected chi connectivity index (χ3v) is 4.96. The molecule has 21 heavy (non-hydrogen) atoms. The Kier molecular flexibility index (Phi) is 4.19. The minimum absolute atomic E-state index is 0.0837. The van der Waals surface area contributed by atoms with Crippen molar-refractivity contribution in [2.24, 2.45) is 0 Å². The van der Waals surface area contributed by atoms with Crippen molar-refractivity contribution in [1.29, 1.82) is 0 Å². The first-order valence-corrected chi connectivity index (χ1v) is 8.50. The highest BCUT2D eigenvalue weighted by Crippen LogP contribution is 2.38. The third kappa shape index (κ3) is 3.53. The minimum Gasteiger partial charge on any atom is -0.398 e. The van der Waals surface area contributed by atoms with Crippen LogP contribution in [-0.4, -0.2) is 19.6 Å². The molecule has 0 spiro atoms. The van der Waals surface area contributed by atoms with Crippen molar-refractivity contribution in [1.82, 2.24) is 0 Å². The molecule has 0 aliphatic heterocycles. The fraction of sp³-hybridized carbons (Fsp3) is 0.0769. The Labute approximate surface area is 126 Å². The van der Waals surface area contributed by atoms with Gasteiger partial charge in [0, 0.05) is 22.9 Å². The summed E-state index contributed by atoms with van der Waals surface area (Å²) in [5, 5.41) is 11.1. The molecule has 0 bridgehead atoms. The number of nitrogen functional groups attached to an aromatic ring is 1. The molecule has 0 radical (unpaired) electrons. The number of hydrogen-bond donors (Lipinski definition) is 1. The van der Waals surface area contributed by atoms with Gasteiger partial charge in [0.2, 0.25) is 0 Å². The van der Waals surface area contributed by atoms with Crippen molar-refractivity contribution < 1.29 is 13.3 Å². The van der Waals surface area contributed by atoms with E-state index in [1.807, 2.05) is 0 Å². The summed E-state index contributed by atoms with van der Waals surface area (Å²) in [7, 11) is -3.50. The van der Waals surface area contributed by atoms with Gasteiger partial charge in [-0.1, -0.05) is 23.9 Å². The predicted octanol–water partition coefficient (Wildman–Crippen LogP) is 2.73. The fourth-order valence-electron chi connectivity index (χ4n) is 1.65. The Hall–Kier alpha value is -2.06. The molecule has 2 N–H and O–H groups in total. The standard InChI is InChI=1S/C13H12N2O4S2/c1-21(18,19)9-6-7-13(11(8-9)15(16)17)20-12-5-3-2-4-10(12)14/h2-8H,14H2,1H3. The van der Waals surface area contributed by atoms with Gasteiger partial charge >= 0.3 is 0 Å². The number of nitro groups is 1. The van der Waals surface area contributed by atoms with Crippen LogP contribution in [0.2, 0.25) is 0 Å². The quantitative estimate of drug-likeness (QED) is 0.527. The largest absolute Gasteiger partial charge is 0.398 e. The Balaban J connectivity index is 2.50. The molecule has 6 nitrogen and oxygen atoms in total. The average Bonchev–Trinajstić information content (AvgIpc) is 2.40. The summed E-state index contributed by atoms with van der Waals surface area (Å²) >= 11 is 1.13. The lowest BCUT2D eigenvalue weighted by atomic mass is 10.3. The van der Waals surface area contributed by atoms with E-state index in [4.69, 9.17) is 5.73 Å². The summed E-state index contributed by atoms with van der Waals surface area (Å²) in [5.41, 5.74) is 6.05. The summed E-state index contributed by atoms with van der Waals surface area (Å²) in [5.74, 6) is 0. The van der Waals surface area contributed by atoms with Gasteiger partial charge in [-0.25, -0.2) is 8.42 Å². The number of nitro benzene ring substituents is 1. The molecular weight excluding hydrogens is 312 g/mol. The molecule has 0 aliphatic rings. The molecule has 2 rings (SSSR count). The lowest BCUT2D eigenvalue weighted by Gasteiger charge is -2.07. The van der Waals surface area contributed by atoms with Crippen molar-refractivity contribution in [3.8, 4) is 0 Å². The zero-order chi connectivity index (χ0) is 15.6. The second-order valence-electron chi connectivity index (χ2n) is 4.30. The molecular formula is C13H12N2O4S2. The van der Waals surface area contributed by atoms with E-state index < -0.39 is 14.8 Å². The molecule has 0 amide bonds. The van der Waals surface area contributed by atoms with Crippen LogP contribution in [0.25, 0.3) is 0 Å². The minimum atomic E-state index is -3.50. The van der Waals surface area contributed by atoms with Crippen LogP contribution in [0.4, 0.5) is 11.4 Å². The summed E-state index contributed by atoms with van der Waals surface area (Å²) in [6.07, 6.45) is 1.01. The maximum absolute atomic E-state index is 11.5. The number of sulfone groups is 1. The van der Waals surface area contributed by atoms with Gasteiger partial charge in [0.15, 0.2) is 9.84 Å². The highest BCUT2D eigenvalue weighted by atomic mass is 32.2. The molecule has 0 saturated heterocycles. The number of para-hydroxylation sites is 1. The van der Waals surface area contributed by atoms with E-state index in [9.17, 15) is 18.5 Å². The summed E-state index contributed by atoms with van der Waals surface area (Å²) in [6.45, 7) is 0. The van der Waals surface area contributed by atoms with Crippen LogP contribution in [0.15, 0.2) is 57.2 Å². The van der Waals surface area contributed by atoms with Gasteiger partial charge < -0.3 is 5.73 Å². The first-order valence-electron chi connectivity index (χ1n) is 5.80. The second kappa shape index (κ2) is 5.74. The van der Waals surface area contributed by atoms with Crippen LogP contribution < -0.4 is 5.73 Å². The molecule has 110 valence electrons. The summed E-state index contributed by atoms with van der Waals surface area (Å²) in [4.78, 5) is 11.5. The van der Waals surface area contributed by atoms with E-state index in [-0.39, 0.29) is 10.6 Å². The Bertz CT molecular complexity index is 804. The van der Waals surface area contributed by atoms with E-state index >= 15 is 0 Å². The zero-order valence-electron chi connectivity index (χ0n) is 11.0. The summed E-state index contributed by atoms with van der Waals surface area (Å²) in [6, 6.07) is 10.8. The molecule has 0 unspecified atom stereocenters. The number of benzene rings is 2. The van der Waals surface area contributed by atoms with Crippen molar-refractivity contribution in [2.75, 3.05) is 12.0 Å². The molecule has 8 heteroatoms. The summed E-state index contributed by atoms with van der Waals surface area (Å²) < 4.78 is 23.0. The first-order chi connectivity index (χ1) is 9.79. The van der Waals surface area contributed by atoms with Crippen molar-refractivity contribution in [2.45, 2.75) is 14.7 Å². The average molecular weight is 324 g/mol. The number of rotatable bonds is 4. The van der Waals surface area contributed by atoms with Crippen LogP contribution in [-0.2, 0) is 9.84 Å². The van der Waals surface area contributed by atoms with Crippen molar-refractivity contribution in [3.63, 3.8) is 0 Å². The highest BCUT2D eigenvalue weighted by molar-refractivity contribution is 7.99. The van der Waals surface area contributed by atoms with Crippen molar-refractivity contribution in [3.05, 3.63) is 52.6 Å². The third-order valence-electron chi connectivity index (χ3n) is 2.69. The molecule has 0 atom stereocenters. The van der Waals surface area contributed by atoms with Gasteiger partial charge in [0.25, 0.3) is 5.69 Å². The topological polar surface area (TPSA) is 103 Å². The van der Waals surface area contributed by atoms with Crippen molar-refractivity contribution >= 4 is 33.0 Å². The van der Waals surface area contributed by atoms with Crippen LogP contribution in [0.3, 0.4) is 0 Å². The number of hydrogen-bond acceptors (Lipinski definition) is 6. The van der Waals surface area contributed by atoms with Gasteiger partial charge in [0.1, 0.15) is 0 Å². The Morgan fingerprint density at radius 3 is 2.38 bits per heavy atom. The zero-order valence-corrected chi connectivity index (χ0v) is 12.6. The Morgan fingerprint density at radius 1 is 1.14 bits per heavy atom. The first kappa shape index (κ1) is 15.3. The van der Waals surface area contributed by atoms with E-state index in [1.165, 1.54) is 12.1 Å². The SMILES string of the molecule is CS(=O)(=O)c1ccc(Sc2ccccc2N)c([N+](=O)[O-])c1. The smallest absolute Gasteiger partial charge is 0.284 e. The van der Waals surface area contributed by atoms with Gasteiger partial charge in [-0.3, -0.25) is 10.1 Å². The van der Waals surface area contributed by atoms with Crippen LogP contribution >= 0.6 is 11.8 Å². The maximum atomic E-state index is 11.5. The van der Waals surface area contributed by atoms with E-state index in [0.29, 0.717) is 15.5 Å². The molecule has 0 fully saturated rings. The van der Waals surface area contributed by atoms with Crippen LogP contribution in [0, 0.1) is 10.1 Å². The second-order valence-corrected chi connectivity index (χ2v) is 7.40. The predicted molar refractivity (Wildman–Crippen MR) is 81.2 cm³/mol. The van der Waals surface area contributed by atoms with Crippen LogP contribution in [0.1, 0.15) is 0 Å². The van der Waals surface area contributed by atoms with E-state index in [0.717, 1.165) is 24.1 Å². The molecule has 2 aromatic rings. The van der Waals surface area contributed by atoms with Gasteiger partial charge in [0.05, 0.1) is 14.7 Å². The molecule has 0 aliphatic carbocycles. The Morgan fingerprint density at radius 2 is 1.81 bits per heavy atom. The number of anilines is 1. The van der Waals surface area contributed by atoms with Gasteiger partial charge in [-0.2, -0.15) is 0 Å². The van der Waals surface area contributed by atoms with E-state index in [1.54, 1.807) is 24.3 Å². The highest BCUT2D eigenvalue weighted by Gasteiger charge is 2.19. The van der Waals surface area contributed by atoms with Gasteiger partial charge in [-0.15, -0.1) is 0 Å². The van der Waals surface area contributed by atoms with Crippen LogP contribution in [0.5, 0.6) is 0 Å². The van der Waals surface area contributed by atoms with E-state index in [2.05, 4.69) is 0 Å². The number of nitrogens with two attached hydrogens (primary N) is 1. The monoisotopic (exact) mass is 324 g/mol. The number of nitrogens with zero attached hydrogens (tertiary/aromatic N) is 1. The maximum Gasteiger partial charge on any atom is 0.284 e. The van der Waals surface area contributed by atoms with Gasteiger partial charge in [-0.05, 0) is 24.3 Å². The fourth-order valence-corrected chi connectivity index (χ4v) is 3.23. The molecule has 0 aromatic heterocycles. The normalized spacial score (nSPS) is 11.3. The molecule has 0 saturated carbocycles.